The van der Waals surface area contributed by atoms with E-state index in [1.165, 1.54) is 4.31 Å². The molecule has 0 atom stereocenters. The Labute approximate surface area is 152 Å². The van der Waals surface area contributed by atoms with E-state index in [1.807, 2.05) is 27.7 Å². The highest BCUT2D eigenvalue weighted by Crippen LogP contribution is 2.33. The van der Waals surface area contributed by atoms with Crippen LogP contribution in [0.25, 0.3) is 21.9 Å². The molecule has 0 bridgehead atoms. The van der Waals surface area contributed by atoms with Crippen molar-refractivity contribution in [2.45, 2.75) is 38.6 Å². The Morgan fingerprint density at radius 1 is 1.20 bits per heavy atom. The quantitative estimate of drug-likeness (QED) is 0.674. The topological polar surface area (TPSA) is 68.1 Å². The predicted octanol–water partition coefficient (Wildman–Crippen LogP) is 3.85. The minimum Gasteiger partial charge on any atom is -0.245 e. The molecular weight excluding hydrogens is 360 g/mol. The largest absolute Gasteiger partial charge is 0.245 e. The average Bonchev–Trinajstić information content (AvgIpc) is 3.00. The van der Waals surface area contributed by atoms with Gasteiger partial charge >= 0.3 is 0 Å². The fourth-order valence-electron chi connectivity index (χ4n) is 2.92. The Hall–Kier alpha value is -1.70. The maximum atomic E-state index is 12.8. The smallest absolute Gasteiger partial charge is 0.243 e. The summed E-state index contributed by atoms with van der Waals surface area (Å²) >= 11 is 6.56. The highest BCUT2D eigenvalue weighted by atomic mass is 35.5. The van der Waals surface area contributed by atoms with Crippen molar-refractivity contribution < 1.29 is 8.42 Å². The molecule has 0 amide bonds. The van der Waals surface area contributed by atoms with Crippen LogP contribution in [0.4, 0.5) is 0 Å². The van der Waals surface area contributed by atoms with Crippen LogP contribution in [0.2, 0.25) is 5.02 Å². The summed E-state index contributed by atoms with van der Waals surface area (Å²) in [6, 6.07) is 5.04. The fraction of sp³-hybridized carbons (Fsp3) is 0.412. The summed E-state index contributed by atoms with van der Waals surface area (Å²) in [6.45, 7) is 8.52. The molecule has 0 aliphatic rings. The normalized spacial score (nSPS) is 12.8. The van der Waals surface area contributed by atoms with E-state index in [9.17, 15) is 8.42 Å². The Bertz CT molecular complexity index is 1040. The van der Waals surface area contributed by atoms with E-state index in [-0.39, 0.29) is 10.9 Å². The molecule has 0 radical (unpaired) electrons. The number of sulfonamides is 1. The van der Waals surface area contributed by atoms with Gasteiger partial charge in [-0.3, -0.25) is 0 Å². The van der Waals surface area contributed by atoms with E-state index in [0.29, 0.717) is 34.7 Å². The average molecular weight is 381 g/mol. The van der Waals surface area contributed by atoms with Crippen LogP contribution in [0.1, 0.15) is 33.7 Å². The van der Waals surface area contributed by atoms with Gasteiger partial charge in [0.2, 0.25) is 10.0 Å². The van der Waals surface area contributed by atoms with Crippen molar-refractivity contribution in [3.63, 3.8) is 0 Å². The molecule has 0 aliphatic carbocycles. The van der Waals surface area contributed by atoms with E-state index >= 15 is 0 Å². The van der Waals surface area contributed by atoms with Gasteiger partial charge in [-0.05, 0) is 32.0 Å². The lowest BCUT2D eigenvalue weighted by Gasteiger charge is -2.18. The Balaban J connectivity index is 2.25. The lowest BCUT2D eigenvalue weighted by molar-refractivity contribution is 0.445. The summed E-state index contributed by atoms with van der Waals surface area (Å²) in [4.78, 5) is 4.86. The summed E-state index contributed by atoms with van der Waals surface area (Å²) < 4.78 is 28.7. The van der Waals surface area contributed by atoms with Crippen LogP contribution in [-0.4, -0.2) is 40.6 Å². The molecule has 0 fully saturated rings. The number of pyridine rings is 1. The lowest BCUT2D eigenvalue weighted by atomic mass is 10.2. The number of fused-ring (bicyclic) bond motifs is 2. The molecule has 0 unspecified atom stereocenters. The van der Waals surface area contributed by atoms with Crippen molar-refractivity contribution in [3.8, 4) is 0 Å². The summed E-state index contributed by atoms with van der Waals surface area (Å²) in [6.07, 6.45) is 1.68. The standard InChI is InChI=1S/C17H21ClN4O2S/c1-5-21(6-2)25(23,24)12-7-8-15-13(9-12)16(18)14-10-19-22(11(3)4)17(14)20-15/h7-11H,5-6H2,1-4H3. The molecule has 0 N–H and O–H groups in total. The number of hydrogen-bond acceptors (Lipinski definition) is 4. The highest BCUT2D eigenvalue weighted by Gasteiger charge is 2.23. The zero-order valence-electron chi connectivity index (χ0n) is 14.7. The summed E-state index contributed by atoms with van der Waals surface area (Å²) in [5.41, 5.74) is 1.35. The molecule has 2 aromatic heterocycles. The third-order valence-electron chi connectivity index (χ3n) is 4.27. The first-order valence-corrected chi connectivity index (χ1v) is 10.1. The number of halogens is 1. The molecule has 3 rings (SSSR count). The SMILES string of the molecule is CCN(CC)S(=O)(=O)c1ccc2nc3c(cnn3C(C)C)c(Cl)c2c1. The van der Waals surface area contributed by atoms with Crippen LogP contribution in [-0.2, 0) is 10.0 Å². The number of rotatable bonds is 5. The van der Waals surface area contributed by atoms with E-state index in [4.69, 9.17) is 11.6 Å². The molecule has 0 aliphatic heterocycles. The molecule has 8 heteroatoms. The Kier molecular flexibility index (Phi) is 4.74. The number of benzene rings is 1. The van der Waals surface area contributed by atoms with Gasteiger partial charge in [0.1, 0.15) is 0 Å². The molecule has 0 saturated carbocycles. The molecule has 1 aromatic carbocycles. The van der Waals surface area contributed by atoms with Crippen LogP contribution in [0.15, 0.2) is 29.3 Å². The molecular formula is C17H21ClN4O2S. The number of nitrogens with zero attached hydrogens (tertiary/aromatic N) is 4. The van der Waals surface area contributed by atoms with Crippen LogP contribution >= 0.6 is 11.6 Å². The van der Waals surface area contributed by atoms with Gasteiger partial charge in [-0.1, -0.05) is 25.4 Å². The van der Waals surface area contributed by atoms with Gasteiger partial charge in [0.15, 0.2) is 5.65 Å². The molecule has 25 heavy (non-hydrogen) atoms. The zero-order chi connectivity index (χ0) is 18.4. The van der Waals surface area contributed by atoms with E-state index < -0.39 is 10.0 Å². The minimum atomic E-state index is -3.54. The second-order valence-corrected chi connectivity index (χ2v) is 8.43. The van der Waals surface area contributed by atoms with Crippen LogP contribution < -0.4 is 0 Å². The minimum absolute atomic E-state index is 0.154. The van der Waals surface area contributed by atoms with Crippen LogP contribution in [0.3, 0.4) is 0 Å². The number of hydrogen-bond donors (Lipinski definition) is 0. The molecule has 134 valence electrons. The van der Waals surface area contributed by atoms with E-state index in [1.54, 1.807) is 29.1 Å². The first-order chi connectivity index (χ1) is 11.8. The van der Waals surface area contributed by atoms with Crippen molar-refractivity contribution in [2.75, 3.05) is 13.1 Å². The van der Waals surface area contributed by atoms with Crippen molar-refractivity contribution in [3.05, 3.63) is 29.4 Å². The van der Waals surface area contributed by atoms with Crippen LogP contribution in [0, 0.1) is 0 Å². The third-order valence-corrected chi connectivity index (χ3v) is 6.72. The molecule has 3 aromatic rings. The first kappa shape index (κ1) is 18.1. The Morgan fingerprint density at radius 3 is 2.48 bits per heavy atom. The second-order valence-electron chi connectivity index (χ2n) is 6.11. The highest BCUT2D eigenvalue weighted by molar-refractivity contribution is 7.89. The van der Waals surface area contributed by atoms with Crippen molar-refractivity contribution in [2.24, 2.45) is 0 Å². The van der Waals surface area contributed by atoms with Crippen molar-refractivity contribution in [1.82, 2.24) is 19.1 Å². The van der Waals surface area contributed by atoms with Gasteiger partial charge in [0.05, 0.1) is 27.0 Å². The molecule has 0 saturated heterocycles. The maximum Gasteiger partial charge on any atom is 0.243 e. The Morgan fingerprint density at radius 2 is 1.88 bits per heavy atom. The summed E-state index contributed by atoms with van der Waals surface area (Å²) in [7, 11) is -3.54. The number of aromatic nitrogens is 3. The van der Waals surface area contributed by atoms with E-state index in [0.717, 1.165) is 5.39 Å². The van der Waals surface area contributed by atoms with Crippen molar-refractivity contribution in [1.29, 1.82) is 0 Å². The van der Waals surface area contributed by atoms with Crippen molar-refractivity contribution >= 4 is 43.6 Å². The van der Waals surface area contributed by atoms with E-state index in [2.05, 4.69) is 10.1 Å². The lowest BCUT2D eigenvalue weighted by Crippen LogP contribution is -2.30. The zero-order valence-corrected chi connectivity index (χ0v) is 16.3. The first-order valence-electron chi connectivity index (χ1n) is 8.27. The maximum absolute atomic E-state index is 12.8. The monoisotopic (exact) mass is 380 g/mol. The van der Waals surface area contributed by atoms with Gasteiger partial charge in [-0.15, -0.1) is 0 Å². The van der Waals surface area contributed by atoms with Gasteiger partial charge < -0.3 is 0 Å². The van der Waals surface area contributed by atoms with Gasteiger partial charge in [-0.2, -0.15) is 9.40 Å². The van der Waals surface area contributed by atoms with Gasteiger partial charge in [0.25, 0.3) is 0 Å². The summed E-state index contributed by atoms with van der Waals surface area (Å²) in [5.74, 6) is 0. The van der Waals surface area contributed by atoms with Gasteiger partial charge in [-0.25, -0.2) is 18.1 Å². The predicted molar refractivity (Wildman–Crippen MR) is 101 cm³/mol. The third kappa shape index (κ3) is 2.90. The summed E-state index contributed by atoms with van der Waals surface area (Å²) in [5, 5.41) is 6.16. The van der Waals surface area contributed by atoms with Gasteiger partial charge in [0, 0.05) is 24.5 Å². The van der Waals surface area contributed by atoms with Crippen LogP contribution in [0.5, 0.6) is 0 Å². The second kappa shape index (κ2) is 6.55. The molecule has 2 heterocycles. The fourth-order valence-corrected chi connectivity index (χ4v) is 4.69. The molecule has 0 spiro atoms. The molecule has 6 nitrogen and oxygen atoms in total.